The number of carbonyl (C=O) groups excluding carboxylic acids is 1. The molecule has 0 atom stereocenters. The van der Waals surface area contributed by atoms with E-state index in [2.05, 4.69) is 31.7 Å². The first kappa shape index (κ1) is 16.7. The predicted molar refractivity (Wildman–Crippen MR) is 82.9 cm³/mol. The molecule has 1 amide bonds. The number of nitrogens with one attached hydrogen (secondary N) is 2. The van der Waals surface area contributed by atoms with Crippen LogP contribution in [0, 0.1) is 0 Å². The largest absolute Gasteiger partial charge is 0.382 e. The first-order valence-electron chi connectivity index (χ1n) is 6.74. The van der Waals surface area contributed by atoms with E-state index in [1.807, 2.05) is 20.8 Å². The van der Waals surface area contributed by atoms with Crippen LogP contribution in [0.4, 0.5) is 5.69 Å². The van der Waals surface area contributed by atoms with Gasteiger partial charge in [-0.1, -0.05) is 6.92 Å². The highest BCUT2D eigenvalue weighted by atomic mass is 79.9. The van der Waals surface area contributed by atoms with E-state index in [1.54, 1.807) is 6.20 Å². The summed E-state index contributed by atoms with van der Waals surface area (Å²) in [6, 6.07) is 0.133. The molecule has 1 aromatic rings. The fraction of sp³-hybridized carbons (Fsp3) is 0.615. The second kappa shape index (κ2) is 8.04. The Morgan fingerprint density at radius 1 is 1.50 bits per heavy atom. The van der Waals surface area contributed by atoms with Crippen LogP contribution in [0.1, 0.15) is 33.6 Å². The lowest BCUT2D eigenvalue weighted by Crippen LogP contribution is -2.31. The van der Waals surface area contributed by atoms with Crippen LogP contribution in [0.3, 0.4) is 0 Å². The molecule has 0 aliphatic carbocycles. The summed E-state index contributed by atoms with van der Waals surface area (Å²) in [6.07, 6.45) is 2.80. The molecule has 0 spiro atoms. The molecule has 0 bridgehead atoms. The Morgan fingerprint density at radius 2 is 2.20 bits per heavy atom. The highest BCUT2D eigenvalue weighted by molar-refractivity contribution is 9.10. The molecular formula is C13H21BrN4O2. The summed E-state index contributed by atoms with van der Waals surface area (Å²) >= 11 is 3.27. The van der Waals surface area contributed by atoms with Gasteiger partial charge in [0, 0.05) is 25.6 Å². The Hall–Kier alpha value is -1.37. The maximum atomic E-state index is 12.0. The zero-order valence-corrected chi connectivity index (χ0v) is 13.7. The van der Waals surface area contributed by atoms with Crippen LogP contribution in [-0.4, -0.2) is 28.3 Å². The maximum Gasteiger partial charge on any atom is 0.283 e. The summed E-state index contributed by atoms with van der Waals surface area (Å²) in [6.45, 7) is 6.87. The van der Waals surface area contributed by atoms with Crippen LogP contribution < -0.4 is 16.2 Å². The van der Waals surface area contributed by atoms with Crippen LogP contribution in [0.5, 0.6) is 0 Å². The number of amides is 1. The summed E-state index contributed by atoms with van der Waals surface area (Å²) in [5.74, 6) is -0.0177. The molecule has 7 heteroatoms. The standard InChI is InChI=1S/C13H21BrN4O2/c1-4-7-18-13(20)12(14)10(8-16-18)15-6-5-11(19)17-9(2)3/h8-9,15H,4-7H2,1-3H3,(H,17,19). The zero-order chi connectivity index (χ0) is 15.1. The van der Waals surface area contributed by atoms with Gasteiger partial charge in [-0.3, -0.25) is 9.59 Å². The van der Waals surface area contributed by atoms with Crippen LogP contribution >= 0.6 is 15.9 Å². The van der Waals surface area contributed by atoms with E-state index in [4.69, 9.17) is 0 Å². The average Bonchev–Trinajstić information content (AvgIpc) is 2.37. The quantitative estimate of drug-likeness (QED) is 0.789. The van der Waals surface area contributed by atoms with Gasteiger partial charge in [0.2, 0.25) is 5.91 Å². The summed E-state index contributed by atoms with van der Waals surface area (Å²) < 4.78 is 1.87. The van der Waals surface area contributed by atoms with Crippen molar-refractivity contribution in [2.75, 3.05) is 11.9 Å². The Balaban J connectivity index is 2.59. The van der Waals surface area contributed by atoms with Gasteiger partial charge in [-0.05, 0) is 36.2 Å². The van der Waals surface area contributed by atoms with Crippen LogP contribution in [0.15, 0.2) is 15.5 Å². The van der Waals surface area contributed by atoms with Crippen molar-refractivity contribution in [1.29, 1.82) is 0 Å². The number of aromatic nitrogens is 2. The topological polar surface area (TPSA) is 76.0 Å². The molecule has 112 valence electrons. The normalized spacial score (nSPS) is 10.7. The van der Waals surface area contributed by atoms with Gasteiger partial charge in [-0.15, -0.1) is 0 Å². The van der Waals surface area contributed by atoms with Crippen molar-refractivity contribution in [2.45, 2.75) is 46.2 Å². The molecule has 20 heavy (non-hydrogen) atoms. The van der Waals surface area contributed by atoms with Crippen molar-refractivity contribution in [3.8, 4) is 0 Å². The van der Waals surface area contributed by atoms with E-state index in [0.29, 0.717) is 29.7 Å². The number of rotatable bonds is 7. The minimum atomic E-state index is -0.163. The fourth-order valence-electron chi connectivity index (χ4n) is 1.66. The number of hydrogen-bond acceptors (Lipinski definition) is 4. The molecule has 1 aromatic heterocycles. The average molecular weight is 345 g/mol. The van der Waals surface area contributed by atoms with E-state index in [9.17, 15) is 9.59 Å². The highest BCUT2D eigenvalue weighted by Crippen LogP contribution is 2.15. The minimum absolute atomic E-state index is 0.0177. The van der Waals surface area contributed by atoms with Gasteiger partial charge in [0.15, 0.2) is 0 Å². The molecule has 6 nitrogen and oxygen atoms in total. The van der Waals surface area contributed by atoms with Crippen molar-refractivity contribution in [1.82, 2.24) is 15.1 Å². The molecule has 0 saturated heterocycles. The second-order valence-electron chi connectivity index (χ2n) is 4.80. The van der Waals surface area contributed by atoms with Gasteiger partial charge in [-0.25, -0.2) is 4.68 Å². The SMILES string of the molecule is CCCn1ncc(NCCC(=O)NC(C)C)c(Br)c1=O. The molecule has 0 unspecified atom stereocenters. The van der Waals surface area contributed by atoms with Gasteiger partial charge < -0.3 is 10.6 Å². The van der Waals surface area contributed by atoms with Gasteiger partial charge in [0.05, 0.1) is 11.9 Å². The van der Waals surface area contributed by atoms with E-state index in [0.717, 1.165) is 6.42 Å². The maximum absolute atomic E-state index is 12.0. The molecule has 0 fully saturated rings. The number of halogens is 1. The summed E-state index contributed by atoms with van der Waals surface area (Å²) in [7, 11) is 0. The number of anilines is 1. The first-order chi connectivity index (χ1) is 9.45. The summed E-state index contributed by atoms with van der Waals surface area (Å²) in [5, 5.41) is 9.94. The van der Waals surface area contributed by atoms with Gasteiger partial charge in [0.1, 0.15) is 4.47 Å². The number of nitrogens with zero attached hydrogens (tertiary/aromatic N) is 2. The van der Waals surface area contributed by atoms with Crippen molar-refractivity contribution in [2.24, 2.45) is 0 Å². The smallest absolute Gasteiger partial charge is 0.283 e. The highest BCUT2D eigenvalue weighted by Gasteiger charge is 2.09. The van der Waals surface area contributed by atoms with Crippen LogP contribution in [-0.2, 0) is 11.3 Å². The zero-order valence-electron chi connectivity index (χ0n) is 12.1. The molecule has 0 aliphatic heterocycles. The summed E-state index contributed by atoms with van der Waals surface area (Å²) in [4.78, 5) is 23.4. The molecule has 1 heterocycles. The third-order valence-electron chi connectivity index (χ3n) is 2.54. The number of aryl methyl sites for hydroxylation is 1. The van der Waals surface area contributed by atoms with Crippen molar-refractivity contribution in [3.05, 3.63) is 21.0 Å². The second-order valence-corrected chi connectivity index (χ2v) is 5.59. The van der Waals surface area contributed by atoms with Gasteiger partial charge in [0.25, 0.3) is 5.56 Å². The third kappa shape index (κ3) is 4.96. The number of carbonyl (C=O) groups is 1. The van der Waals surface area contributed by atoms with Crippen LogP contribution in [0.2, 0.25) is 0 Å². The van der Waals surface area contributed by atoms with Gasteiger partial charge >= 0.3 is 0 Å². The van der Waals surface area contributed by atoms with Crippen molar-refractivity contribution < 1.29 is 4.79 Å². The lowest BCUT2D eigenvalue weighted by Gasteiger charge is -2.11. The Bertz CT molecular complexity index is 514. The molecule has 0 saturated carbocycles. The Morgan fingerprint density at radius 3 is 2.80 bits per heavy atom. The van der Waals surface area contributed by atoms with E-state index in [1.165, 1.54) is 4.68 Å². The predicted octanol–water partition coefficient (Wildman–Crippen LogP) is 1.74. The first-order valence-corrected chi connectivity index (χ1v) is 7.53. The number of hydrogen-bond donors (Lipinski definition) is 2. The van der Waals surface area contributed by atoms with E-state index < -0.39 is 0 Å². The summed E-state index contributed by atoms with van der Waals surface area (Å²) in [5.41, 5.74) is 0.447. The van der Waals surface area contributed by atoms with E-state index >= 15 is 0 Å². The lowest BCUT2D eigenvalue weighted by molar-refractivity contribution is -0.121. The molecule has 0 aromatic carbocycles. The Kier molecular flexibility index (Phi) is 6.70. The lowest BCUT2D eigenvalue weighted by atomic mass is 10.3. The molecular weight excluding hydrogens is 324 g/mol. The monoisotopic (exact) mass is 344 g/mol. The van der Waals surface area contributed by atoms with Crippen LogP contribution in [0.25, 0.3) is 0 Å². The van der Waals surface area contributed by atoms with Crippen molar-refractivity contribution >= 4 is 27.5 Å². The van der Waals surface area contributed by atoms with Gasteiger partial charge in [-0.2, -0.15) is 5.10 Å². The van der Waals surface area contributed by atoms with E-state index in [-0.39, 0.29) is 17.5 Å². The molecule has 0 radical (unpaired) electrons. The third-order valence-corrected chi connectivity index (χ3v) is 3.30. The molecule has 1 rings (SSSR count). The molecule has 0 aliphatic rings. The van der Waals surface area contributed by atoms with Crippen molar-refractivity contribution in [3.63, 3.8) is 0 Å². The Labute approximate surface area is 127 Å². The minimum Gasteiger partial charge on any atom is -0.382 e. The molecule has 2 N–H and O–H groups in total. The fourth-order valence-corrected chi connectivity index (χ4v) is 2.11.